The molecule has 2 rings (SSSR count). The van der Waals surface area contributed by atoms with Gasteiger partial charge in [-0.2, -0.15) is 0 Å². The van der Waals surface area contributed by atoms with E-state index >= 15 is 0 Å². The summed E-state index contributed by atoms with van der Waals surface area (Å²) in [7, 11) is 0. The third-order valence-corrected chi connectivity index (χ3v) is 4.13. The van der Waals surface area contributed by atoms with Gasteiger partial charge in [-0.3, -0.25) is 4.90 Å². The lowest BCUT2D eigenvalue weighted by atomic mass is 9.86. The fourth-order valence-electron chi connectivity index (χ4n) is 3.03. The van der Waals surface area contributed by atoms with Crippen molar-refractivity contribution < 1.29 is 9.53 Å². The maximum atomic E-state index is 12.1. The second-order valence-electron chi connectivity index (χ2n) is 7.49. The predicted molar refractivity (Wildman–Crippen MR) is 76.2 cm³/mol. The molecular weight excluding hydrogens is 240 g/mol. The monoisotopic (exact) mass is 268 g/mol. The summed E-state index contributed by atoms with van der Waals surface area (Å²) < 4.78 is 5.48. The molecule has 1 aliphatic heterocycles. The van der Waals surface area contributed by atoms with Crippen LogP contribution in [0.3, 0.4) is 0 Å². The summed E-state index contributed by atoms with van der Waals surface area (Å²) in [6.45, 7) is 12.7. The van der Waals surface area contributed by atoms with Crippen molar-refractivity contribution >= 4 is 6.09 Å². The van der Waals surface area contributed by atoms with Crippen molar-refractivity contribution in [2.24, 2.45) is 0 Å². The second-order valence-corrected chi connectivity index (χ2v) is 7.49. The Balaban J connectivity index is 1.95. The first-order valence-corrected chi connectivity index (χ1v) is 7.44. The molecule has 0 aromatic carbocycles. The average Bonchev–Trinajstić information content (AvgIpc) is 2.15. The molecule has 0 bridgehead atoms. The molecule has 0 N–H and O–H groups in total. The lowest BCUT2D eigenvalue weighted by Crippen LogP contribution is -2.64. The van der Waals surface area contributed by atoms with Gasteiger partial charge in [-0.1, -0.05) is 6.42 Å². The van der Waals surface area contributed by atoms with Crippen LogP contribution >= 0.6 is 0 Å². The van der Waals surface area contributed by atoms with Crippen molar-refractivity contribution in [3.05, 3.63) is 0 Å². The highest BCUT2D eigenvalue weighted by Gasteiger charge is 2.41. The molecule has 1 saturated heterocycles. The van der Waals surface area contributed by atoms with Crippen molar-refractivity contribution in [2.45, 2.75) is 71.1 Å². The van der Waals surface area contributed by atoms with Crippen LogP contribution in [0.25, 0.3) is 0 Å². The lowest BCUT2D eigenvalue weighted by Gasteiger charge is -2.52. The highest BCUT2D eigenvalue weighted by atomic mass is 16.6. The molecule has 19 heavy (non-hydrogen) atoms. The molecule has 1 saturated carbocycles. The fourth-order valence-corrected chi connectivity index (χ4v) is 3.03. The maximum Gasteiger partial charge on any atom is 0.410 e. The van der Waals surface area contributed by atoms with Crippen molar-refractivity contribution in [3.63, 3.8) is 0 Å². The molecule has 0 unspecified atom stereocenters. The molecule has 110 valence electrons. The zero-order valence-corrected chi connectivity index (χ0v) is 13.0. The van der Waals surface area contributed by atoms with Crippen molar-refractivity contribution in [1.29, 1.82) is 0 Å². The van der Waals surface area contributed by atoms with Gasteiger partial charge in [0, 0.05) is 31.2 Å². The Morgan fingerprint density at radius 3 is 2.26 bits per heavy atom. The largest absolute Gasteiger partial charge is 0.444 e. The number of amides is 1. The molecule has 0 atom stereocenters. The van der Waals surface area contributed by atoms with Gasteiger partial charge in [-0.05, 0) is 47.5 Å². The van der Waals surface area contributed by atoms with E-state index in [1.807, 2.05) is 25.7 Å². The SMILES string of the molecule is CC(C)(C)OC(=O)N1CCN(C2CCC2)C(C)(C)C1. The Hall–Kier alpha value is -0.770. The normalized spacial score (nSPS) is 25.0. The Bertz CT molecular complexity index is 343. The molecule has 0 spiro atoms. The number of hydrogen-bond donors (Lipinski definition) is 0. The van der Waals surface area contributed by atoms with E-state index in [1.165, 1.54) is 19.3 Å². The molecule has 0 aromatic heterocycles. The molecule has 4 heteroatoms. The zero-order chi connectivity index (χ0) is 14.3. The standard InChI is InChI=1S/C15H28N2O2/c1-14(2,3)19-13(18)16-9-10-17(12-7-6-8-12)15(4,5)11-16/h12H,6-11H2,1-5H3. The second kappa shape index (κ2) is 4.97. The lowest BCUT2D eigenvalue weighted by molar-refractivity contribution is -0.0447. The smallest absolute Gasteiger partial charge is 0.410 e. The number of nitrogens with zero attached hydrogens (tertiary/aromatic N) is 2. The Morgan fingerprint density at radius 1 is 1.21 bits per heavy atom. The van der Waals surface area contributed by atoms with Gasteiger partial charge in [0.15, 0.2) is 0 Å². The van der Waals surface area contributed by atoms with E-state index in [0.717, 1.165) is 25.7 Å². The first-order chi connectivity index (χ1) is 8.69. The summed E-state index contributed by atoms with van der Waals surface area (Å²) in [5, 5.41) is 0. The van der Waals surface area contributed by atoms with E-state index in [1.54, 1.807) is 0 Å². The minimum atomic E-state index is -0.410. The highest BCUT2D eigenvalue weighted by Crippen LogP contribution is 2.33. The molecule has 1 heterocycles. The molecule has 2 fully saturated rings. The third-order valence-electron chi connectivity index (χ3n) is 4.13. The van der Waals surface area contributed by atoms with Crippen molar-refractivity contribution in [3.8, 4) is 0 Å². The summed E-state index contributed by atoms with van der Waals surface area (Å²) in [5.41, 5.74) is -0.355. The molecule has 2 aliphatic rings. The first kappa shape index (κ1) is 14.6. The molecular formula is C15H28N2O2. The van der Waals surface area contributed by atoms with Crippen LogP contribution in [0, 0.1) is 0 Å². The van der Waals surface area contributed by atoms with E-state index in [0.29, 0.717) is 0 Å². The van der Waals surface area contributed by atoms with E-state index in [2.05, 4.69) is 18.7 Å². The van der Waals surface area contributed by atoms with Gasteiger partial charge in [0.1, 0.15) is 5.60 Å². The van der Waals surface area contributed by atoms with Gasteiger partial charge in [-0.25, -0.2) is 4.79 Å². The van der Waals surface area contributed by atoms with Crippen LogP contribution in [0.5, 0.6) is 0 Å². The van der Waals surface area contributed by atoms with E-state index in [4.69, 9.17) is 4.74 Å². The summed E-state index contributed by atoms with van der Waals surface area (Å²) in [5.74, 6) is 0. The average molecular weight is 268 g/mol. The minimum Gasteiger partial charge on any atom is -0.444 e. The van der Waals surface area contributed by atoms with E-state index in [9.17, 15) is 4.79 Å². The predicted octanol–water partition coefficient (Wildman–Crippen LogP) is 2.87. The van der Waals surface area contributed by atoms with Crippen LogP contribution in [-0.2, 0) is 4.74 Å². The van der Waals surface area contributed by atoms with Crippen LogP contribution in [0.2, 0.25) is 0 Å². The molecule has 1 amide bonds. The fraction of sp³-hybridized carbons (Fsp3) is 0.933. The van der Waals surface area contributed by atoms with E-state index in [-0.39, 0.29) is 11.6 Å². The zero-order valence-electron chi connectivity index (χ0n) is 13.0. The third kappa shape index (κ3) is 3.41. The van der Waals surface area contributed by atoms with Crippen molar-refractivity contribution in [1.82, 2.24) is 9.80 Å². The molecule has 0 aromatic rings. The quantitative estimate of drug-likeness (QED) is 0.733. The molecule has 1 aliphatic carbocycles. The van der Waals surface area contributed by atoms with Crippen LogP contribution in [0.15, 0.2) is 0 Å². The van der Waals surface area contributed by atoms with Gasteiger partial charge >= 0.3 is 6.09 Å². The number of carbonyl (C=O) groups is 1. The van der Waals surface area contributed by atoms with Gasteiger partial charge in [-0.15, -0.1) is 0 Å². The van der Waals surface area contributed by atoms with Gasteiger partial charge in [0.05, 0.1) is 0 Å². The number of ether oxygens (including phenoxy) is 1. The number of piperazine rings is 1. The Morgan fingerprint density at radius 2 is 1.84 bits per heavy atom. The van der Waals surface area contributed by atoms with Crippen LogP contribution in [-0.4, -0.2) is 52.7 Å². The van der Waals surface area contributed by atoms with Gasteiger partial charge < -0.3 is 9.64 Å². The van der Waals surface area contributed by atoms with Gasteiger partial charge in [0.2, 0.25) is 0 Å². The minimum absolute atomic E-state index is 0.0558. The summed E-state index contributed by atoms with van der Waals surface area (Å²) in [4.78, 5) is 16.6. The molecule has 0 radical (unpaired) electrons. The van der Waals surface area contributed by atoms with Crippen LogP contribution in [0.4, 0.5) is 4.79 Å². The summed E-state index contributed by atoms with van der Waals surface area (Å²) in [6.07, 6.45) is 3.81. The first-order valence-electron chi connectivity index (χ1n) is 7.44. The molecule has 4 nitrogen and oxygen atoms in total. The topological polar surface area (TPSA) is 32.8 Å². The maximum absolute atomic E-state index is 12.1. The summed E-state index contributed by atoms with van der Waals surface area (Å²) >= 11 is 0. The van der Waals surface area contributed by atoms with E-state index < -0.39 is 5.60 Å². The number of rotatable bonds is 1. The van der Waals surface area contributed by atoms with Gasteiger partial charge in [0.25, 0.3) is 0 Å². The van der Waals surface area contributed by atoms with Crippen LogP contribution < -0.4 is 0 Å². The van der Waals surface area contributed by atoms with Crippen molar-refractivity contribution in [2.75, 3.05) is 19.6 Å². The Kier molecular flexibility index (Phi) is 3.83. The van der Waals surface area contributed by atoms with Crippen LogP contribution in [0.1, 0.15) is 53.9 Å². The number of hydrogen-bond acceptors (Lipinski definition) is 3. The number of carbonyl (C=O) groups excluding carboxylic acids is 1. The Labute approximate surface area is 117 Å². The highest BCUT2D eigenvalue weighted by molar-refractivity contribution is 5.68. The summed E-state index contributed by atoms with van der Waals surface area (Å²) in [6, 6.07) is 0.732.